The maximum atomic E-state index is 13.3. The molecule has 0 aliphatic carbocycles. The summed E-state index contributed by atoms with van der Waals surface area (Å²) in [5, 5.41) is 9.49. The van der Waals surface area contributed by atoms with E-state index in [4.69, 9.17) is 23.2 Å². The van der Waals surface area contributed by atoms with Crippen LogP contribution in [0.2, 0.25) is 10.0 Å². The summed E-state index contributed by atoms with van der Waals surface area (Å²) in [7, 11) is 0. The molecule has 0 aromatic heterocycles. The molecular formula is C31H25Cl2N3O3S. The number of nitrogens with one attached hydrogen (secondary N) is 3. The fourth-order valence-electron chi connectivity index (χ4n) is 3.65. The lowest BCUT2D eigenvalue weighted by Gasteiger charge is -2.12. The fourth-order valence-corrected chi connectivity index (χ4v) is 4.77. The van der Waals surface area contributed by atoms with Crippen molar-refractivity contribution in [3.05, 3.63) is 129 Å². The Labute approximate surface area is 246 Å². The Hall–Kier alpha value is -4.04. The molecule has 3 amide bonds. The molecule has 9 heteroatoms. The average Bonchev–Trinajstić information content (AvgIpc) is 2.95. The highest BCUT2D eigenvalue weighted by Gasteiger charge is 2.16. The predicted octanol–water partition coefficient (Wildman–Crippen LogP) is 7.44. The fraction of sp³-hybridized carbons (Fsp3) is 0.0645. The minimum Gasteiger partial charge on any atom is -0.325 e. The summed E-state index contributed by atoms with van der Waals surface area (Å²) in [5.41, 5.74) is 3.08. The molecule has 0 fully saturated rings. The van der Waals surface area contributed by atoms with Crippen LogP contribution in [0.5, 0.6) is 0 Å². The van der Waals surface area contributed by atoms with Gasteiger partial charge in [0.15, 0.2) is 0 Å². The van der Waals surface area contributed by atoms with Crippen LogP contribution in [0.3, 0.4) is 0 Å². The van der Waals surface area contributed by atoms with Gasteiger partial charge in [0.1, 0.15) is 5.70 Å². The predicted molar refractivity (Wildman–Crippen MR) is 164 cm³/mol. The molecule has 4 aromatic carbocycles. The van der Waals surface area contributed by atoms with Gasteiger partial charge >= 0.3 is 0 Å². The molecule has 40 heavy (non-hydrogen) atoms. The highest BCUT2D eigenvalue weighted by atomic mass is 35.5. The third kappa shape index (κ3) is 8.23. The van der Waals surface area contributed by atoms with E-state index in [2.05, 4.69) is 16.0 Å². The molecular weight excluding hydrogens is 565 g/mol. The largest absolute Gasteiger partial charge is 0.325 e. The van der Waals surface area contributed by atoms with Gasteiger partial charge in [-0.25, -0.2) is 0 Å². The Kier molecular flexibility index (Phi) is 10.0. The van der Waals surface area contributed by atoms with Crippen molar-refractivity contribution < 1.29 is 14.4 Å². The first-order valence-corrected chi connectivity index (χ1v) is 14.0. The van der Waals surface area contributed by atoms with Crippen LogP contribution in [0.15, 0.2) is 108 Å². The number of hydrogen-bond donors (Lipinski definition) is 3. The van der Waals surface area contributed by atoms with E-state index in [1.54, 1.807) is 97.1 Å². The number of rotatable bonds is 9. The molecule has 0 aliphatic heterocycles. The molecule has 6 nitrogen and oxygen atoms in total. The van der Waals surface area contributed by atoms with Crippen LogP contribution in [0.4, 0.5) is 11.4 Å². The second-order valence-electron chi connectivity index (χ2n) is 8.66. The van der Waals surface area contributed by atoms with Crippen LogP contribution in [-0.2, 0) is 9.59 Å². The van der Waals surface area contributed by atoms with Crippen molar-refractivity contribution >= 4 is 70.1 Å². The van der Waals surface area contributed by atoms with Crippen molar-refractivity contribution in [2.24, 2.45) is 0 Å². The van der Waals surface area contributed by atoms with Gasteiger partial charge in [0.2, 0.25) is 5.91 Å². The van der Waals surface area contributed by atoms with Gasteiger partial charge in [-0.1, -0.05) is 65.7 Å². The van der Waals surface area contributed by atoms with Crippen LogP contribution in [0.25, 0.3) is 6.08 Å². The second kappa shape index (κ2) is 13.8. The van der Waals surface area contributed by atoms with Gasteiger partial charge < -0.3 is 16.0 Å². The minimum absolute atomic E-state index is 0.0467. The standard InChI is InChI=1S/C31H25Cl2N3O3S/c1-20-26(33)14-7-15-27(20)35-29(37)19-40-25-13-6-12-24(18-25)34-31(39)28(17-21-8-5-11-23(32)16-21)36-30(38)22-9-3-2-4-10-22/h2-18H,19H2,1H3,(H,34,39)(H,35,37)(H,36,38)/b28-17-. The van der Waals surface area contributed by atoms with Crippen molar-refractivity contribution in [2.75, 3.05) is 16.4 Å². The monoisotopic (exact) mass is 589 g/mol. The SMILES string of the molecule is Cc1c(Cl)cccc1NC(=O)CSc1cccc(NC(=O)/C(=C/c2cccc(Cl)c2)NC(=O)c2ccccc2)c1. The van der Waals surface area contributed by atoms with Gasteiger partial charge in [0.25, 0.3) is 11.8 Å². The smallest absolute Gasteiger partial charge is 0.272 e. The zero-order valence-electron chi connectivity index (χ0n) is 21.4. The van der Waals surface area contributed by atoms with Crippen molar-refractivity contribution in [1.82, 2.24) is 5.32 Å². The molecule has 0 radical (unpaired) electrons. The summed E-state index contributed by atoms with van der Waals surface area (Å²) in [6, 6.07) is 28.0. The molecule has 0 saturated heterocycles. The van der Waals surface area contributed by atoms with E-state index < -0.39 is 11.8 Å². The van der Waals surface area contributed by atoms with Crippen LogP contribution in [-0.4, -0.2) is 23.5 Å². The third-order valence-electron chi connectivity index (χ3n) is 5.69. The third-order valence-corrected chi connectivity index (χ3v) is 7.33. The first kappa shape index (κ1) is 29.0. The average molecular weight is 591 g/mol. The van der Waals surface area contributed by atoms with Gasteiger partial charge in [-0.05, 0) is 78.7 Å². The van der Waals surface area contributed by atoms with Gasteiger partial charge in [0, 0.05) is 31.9 Å². The van der Waals surface area contributed by atoms with Crippen molar-refractivity contribution in [1.29, 1.82) is 0 Å². The maximum absolute atomic E-state index is 13.3. The van der Waals surface area contributed by atoms with Gasteiger partial charge in [-0.3, -0.25) is 14.4 Å². The number of halogens is 2. The molecule has 0 unspecified atom stereocenters. The number of benzene rings is 4. The van der Waals surface area contributed by atoms with Crippen LogP contribution in [0.1, 0.15) is 21.5 Å². The van der Waals surface area contributed by atoms with Gasteiger partial charge in [-0.15, -0.1) is 11.8 Å². The highest BCUT2D eigenvalue weighted by Crippen LogP contribution is 2.25. The van der Waals surface area contributed by atoms with Crippen LogP contribution in [0, 0.1) is 6.92 Å². The summed E-state index contributed by atoms with van der Waals surface area (Å²) in [5.74, 6) is -0.953. The molecule has 202 valence electrons. The van der Waals surface area contributed by atoms with E-state index in [-0.39, 0.29) is 17.4 Å². The Bertz CT molecular complexity index is 1580. The van der Waals surface area contributed by atoms with E-state index in [9.17, 15) is 14.4 Å². The zero-order valence-corrected chi connectivity index (χ0v) is 23.7. The van der Waals surface area contributed by atoms with E-state index in [0.717, 1.165) is 10.5 Å². The lowest BCUT2D eigenvalue weighted by atomic mass is 10.1. The van der Waals surface area contributed by atoms with Crippen molar-refractivity contribution in [3.63, 3.8) is 0 Å². The number of carbonyl (C=O) groups excluding carboxylic acids is 3. The molecule has 4 rings (SSSR count). The van der Waals surface area contributed by atoms with Gasteiger partial charge in [-0.2, -0.15) is 0 Å². The molecule has 0 saturated carbocycles. The quantitative estimate of drug-likeness (QED) is 0.140. The first-order chi connectivity index (χ1) is 19.3. The maximum Gasteiger partial charge on any atom is 0.272 e. The summed E-state index contributed by atoms with van der Waals surface area (Å²) >= 11 is 13.6. The molecule has 0 atom stereocenters. The lowest BCUT2D eigenvalue weighted by Crippen LogP contribution is -2.30. The molecule has 0 heterocycles. The van der Waals surface area contributed by atoms with Crippen molar-refractivity contribution in [2.45, 2.75) is 11.8 Å². The highest BCUT2D eigenvalue weighted by molar-refractivity contribution is 8.00. The van der Waals surface area contributed by atoms with Gasteiger partial charge in [0.05, 0.1) is 5.75 Å². The number of anilines is 2. The number of amides is 3. The Morgan fingerprint density at radius 3 is 2.35 bits per heavy atom. The molecule has 3 N–H and O–H groups in total. The van der Waals surface area contributed by atoms with E-state index in [1.807, 2.05) is 13.0 Å². The Balaban J connectivity index is 1.45. The summed E-state index contributed by atoms with van der Waals surface area (Å²) < 4.78 is 0. The summed E-state index contributed by atoms with van der Waals surface area (Å²) in [6.45, 7) is 1.84. The Morgan fingerprint density at radius 1 is 0.825 bits per heavy atom. The Morgan fingerprint density at radius 2 is 1.57 bits per heavy atom. The molecule has 4 aromatic rings. The minimum atomic E-state index is -0.513. The van der Waals surface area contributed by atoms with Crippen molar-refractivity contribution in [3.8, 4) is 0 Å². The lowest BCUT2D eigenvalue weighted by molar-refractivity contribution is -0.114. The van der Waals surface area contributed by atoms with Crippen LogP contribution >= 0.6 is 35.0 Å². The first-order valence-electron chi connectivity index (χ1n) is 12.2. The second-order valence-corrected chi connectivity index (χ2v) is 10.6. The molecule has 0 aliphatic rings. The summed E-state index contributed by atoms with van der Waals surface area (Å²) in [6.07, 6.45) is 1.56. The molecule has 0 bridgehead atoms. The summed E-state index contributed by atoms with van der Waals surface area (Å²) in [4.78, 5) is 39.4. The number of thioether (sulfide) groups is 1. The normalized spacial score (nSPS) is 11.0. The van der Waals surface area contributed by atoms with E-state index in [1.165, 1.54) is 11.8 Å². The van der Waals surface area contributed by atoms with E-state index in [0.29, 0.717) is 32.5 Å². The number of hydrogen-bond acceptors (Lipinski definition) is 4. The number of carbonyl (C=O) groups is 3. The van der Waals surface area contributed by atoms with Crippen LogP contribution < -0.4 is 16.0 Å². The van der Waals surface area contributed by atoms with E-state index >= 15 is 0 Å². The zero-order chi connectivity index (χ0) is 28.5. The topological polar surface area (TPSA) is 87.3 Å². The molecule has 0 spiro atoms.